The lowest BCUT2D eigenvalue weighted by molar-refractivity contribution is 0.628. The molecule has 0 unspecified atom stereocenters. The minimum absolute atomic E-state index is 0.308. The van der Waals surface area contributed by atoms with Gasteiger partial charge in [-0.25, -0.2) is 9.78 Å². The summed E-state index contributed by atoms with van der Waals surface area (Å²) in [6.45, 7) is 5.61. The molecule has 1 aliphatic rings. The number of aromatic nitrogens is 4. The highest BCUT2D eigenvalue weighted by atomic mass is 16.2. The van der Waals surface area contributed by atoms with Crippen molar-refractivity contribution < 1.29 is 0 Å². The maximum absolute atomic E-state index is 11.8. The Morgan fingerprint density at radius 3 is 2.58 bits per heavy atom. The van der Waals surface area contributed by atoms with Crippen molar-refractivity contribution in [2.75, 3.05) is 47.8 Å². The predicted molar refractivity (Wildman–Crippen MR) is 92.9 cm³/mol. The van der Waals surface area contributed by atoms with Gasteiger partial charge < -0.3 is 15.1 Å². The number of hydrogen-bond acceptors (Lipinski definition) is 7. The summed E-state index contributed by atoms with van der Waals surface area (Å²) in [4.78, 5) is 39.2. The number of H-pyrrole nitrogens is 1. The van der Waals surface area contributed by atoms with Gasteiger partial charge in [0.05, 0.1) is 0 Å². The SMILES string of the molecule is CCNc1ccnc(N2CCN(c3cc(=O)n(C)c(=O)[nH]3)CC2)n1. The van der Waals surface area contributed by atoms with E-state index in [1.54, 1.807) is 6.20 Å². The maximum atomic E-state index is 11.8. The minimum atomic E-state index is -0.401. The Morgan fingerprint density at radius 1 is 1.21 bits per heavy atom. The van der Waals surface area contributed by atoms with Crippen molar-refractivity contribution in [2.45, 2.75) is 6.92 Å². The van der Waals surface area contributed by atoms with Gasteiger partial charge in [-0.3, -0.25) is 14.3 Å². The standard InChI is InChI=1S/C15H21N7O2/c1-3-16-11-4-5-17-14(18-11)22-8-6-21(7-9-22)12-10-13(23)20(2)15(24)19-12/h4-5,10H,3,6-9H2,1-2H3,(H,19,24)(H,16,17,18). The molecule has 1 aliphatic heterocycles. The second-order valence-corrected chi connectivity index (χ2v) is 5.60. The molecule has 2 aromatic rings. The average Bonchev–Trinajstić information content (AvgIpc) is 2.60. The fourth-order valence-corrected chi connectivity index (χ4v) is 2.64. The van der Waals surface area contributed by atoms with Crippen LogP contribution in [0, 0.1) is 0 Å². The zero-order chi connectivity index (χ0) is 17.1. The van der Waals surface area contributed by atoms with Crippen molar-refractivity contribution in [3.05, 3.63) is 39.2 Å². The van der Waals surface area contributed by atoms with Gasteiger partial charge in [0, 0.05) is 52.0 Å². The molecule has 0 saturated carbocycles. The number of nitrogens with zero attached hydrogens (tertiary/aromatic N) is 5. The number of piperazine rings is 1. The van der Waals surface area contributed by atoms with Crippen LogP contribution < -0.4 is 26.4 Å². The van der Waals surface area contributed by atoms with Crippen molar-refractivity contribution in [1.29, 1.82) is 0 Å². The lowest BCUT2D eigenvalue weighted by Crippen LogP contribution is -2.48. The molecular weight excluding hydrogens is 310 g/mol. The van der Waals surface area contributed by atoms with E-state index in [1.807, 2.05) is 17.9 Å². The third-order valence-electron chi connectivity index (χ3n) is 4.03. The summed E-state index contributed by atoms with van der Waals surface area (Å²) < 4.78 is 1.06. The van der Waals surface area contributed by atoms with Crippen LogP contribution in [-0.4, -0.2) is 52.2 Å². The van der Waals surface area contributed by atoms with Crippen molar-refractivity contribution >= 4 is 17.6 Å². The lowest BCUT2D eigenvalue weighted by Gasteiger charge is -2.35. The predicted octanol–water partition coefficient (Wildman–Crippen LogP) is -0.378. The molecule has 2 N–H and O–H groups in total. The van der Waals surface area contributed by atoms with Crippen LogP contribution in [0.15, 0.2) is 27.9 Å². The monoisotopic (exact) mass is 331 g/mol. The van der Waals surface area contributed by atoms with E-state index >= 15 is 0 Å². The summed E-state index contributed by atoms with van der Waals surface area (Å²) in [5, 5.41) is 3.17. The summed E-state index contributed by atoms with van der Waals surface area (Å²) in [6, 6.07) is 3.30. The lowest BCUT2D eigenvalue weighted by atomic mass is 10.3. The fourth-order valence-electron chi connectivity index (χ4n) is 2.64. The van der Waals surface area contributed by atoms with Gasteiger partial charge in [0.25, 0.3) is 5.56 Å². The third kappa shape index (κ3) is 3.24. The number of anilines is 3. The van der Waals surface area contributed by atoms with Crippen LogP contribution >= 0.6 is 0 Å². The van der Waals surface area contributed by atoms with E-state index in [0.717, 1.165) is 16.9 Å². The van der Waals surface area contributed by atoms with Crippen molar-refractivity contribution in [3.63, 3.8) is 0 Å². The van der Waals surface area contributed by atoms with Gasteiger partial charge in [-0.15, -0.1) is 0 Å². The topological polar surface area (TPSA) is 99.1 Å². The Kier molecular flexibility index (Phi) is 4.50. The van der Waals surface area contributed by atoms with E-state index in [2.05, 4.69) is 25.2 Å². The molecule has 2 aromatic heterocycles. The van der Waals surface area contributed by atoms with E-state index < -0.39 is 5.69 Å². The Morgan fingerprint density at radius 2 is 1.92 bits per heavy atom. The number of rotatable bonds is 4. The van der Waals surface area contributed by atoms with Gasteiger partial charge in [-0.2, -0.15) is 4.98 Å². The molecule has 1 saturated heterocycles. The van der Waals surface area contributed by atoms with Crippen molar-refractivity contribution in [2.24, 2.45) is 7.05 Å². The summed E-state index contributed by atoms with van der Waals surface area (Å²) in [6.07, 6.45) is 1.74. The van der Waals surface area contributed by atoms with Crippen LogP contribution in [-0.2, 0) is 7.05 Å². The van der Waals surface area contributed by atoms with Crippen LogP contribution in [0.3, 0.4) is 0 Å². The van der Waals surface area contributed by atoms with Crippen LogP contribution in [0.25, 0.3) is 0 Å². The number of nitrogens with one attached hydrogen (secondary N) is 2. The molecule has 9 heteroatoms. The molecule has 0 amide bonds. The summed E-state index contributed by atoms with van der Waals surface area (Å²) >= 11 is 0. The maximum Gasteiger partial charge on any atom is 0.329 e. The largest absolute Gasteiger partial charge is 0.370 e. The molecule has 0 radical (unpaired) electrons. The highest BCUT2D eigenvalue weighted by molar-refractivity contribution is 5.44. The smallest absolute Gasteiger partial charge is 0.329 e. The first kappa shape index (κ1) is 16.0. The normalized spacial score (nSPS) is 14.8. The first-order valence-corrected chi connectivity index (χ1v) is 7.95. The second kappa shape index (κ2) is 6.73. The Labute approximate surface area is 139 Å². The zero-order valence-corrected chi connectivity index (χ0v) is 13.8. The van der Waals surface area contributed by atoms with Crippen LogP contribution in [0.2, 0.25) is 0 Å². The fraction of sp³-hybridized carbons (Fsp3) is 0.467. The van der Waals surface area contributed by atoms with E-state index in [0.29, 0.717) is 37.9 Å². The van der Waals surface area contributed by atoms with Crippen LogP contribution in [0.4, 0.5) is 17.6 Å². The second-order valence-electron chi connectivity index (χ2n) is 5.60. The molecule has 0 aromatic carbocycles. The summed E-state index contributed by atoms with van der Waals surface area (Å²) in [5.41, 5.74) is -0.709. The van der Waals surface area contributed by atoms with Gasteiger partial charge in [0.15, 0.2) is 0 Å². The highest BCUT2D eigenvalue weighted by Gasteiger charge is 2.20. The first-order valence-electron chi connectivity index (χ1n) is 7.95. The zero-order valence-electron chi connectivity index (χ0n) is 13.8. The minimum Gasteiger partial charge on any atom is -0.370 e. The molecule has 3 heterocycles. The molecule has 0 aliphatic carbocycles. The van der Waals surface area contributed by atoms with E-state index in [1.165, 1.54) is 13.1 Å². The summed E-state index contributed by atoms with van der Waals surface area (Å²) in [5.74, 6) is 2.05. The van der Waals surface area contributed by atoms with Crippen LogP contribution in [0.1, 0.15) is 6.92 Å². The first-order chi connectivity index (χ1) is 11.6. The number of aromatic amines is 1. The number of hydrogen-bond donors (Lipinski definition) is 2. The van der Waals surface area contributed by atoms with Gasteiger partial charge in [0.1, 0.15) is 11.6 Å². The van der Waals surface area contributed by atoms with Gasteiger partial charge in [-0.1, -0.05) is 0 Å². The van der Waals surface area contributed by atoms with Crippen molar-refractivity contribution in [1.82, 2.24) is 19.5 Å². The average molecular weight is 331 g/mol. The molecule has 0 spiro atoms. The Hall–Kier alpha value is -2.84. The molecule has 3 rings (SSSR count). The molecular formula is C15H21N7O2. The molecule has 9 nitrogen and oxygen atoms in total. The van der Waals surface area contributed by atoms with Crippen LogP contribution in [0.5, 0.6) is 0 Å². The van der Waals surface area contributed by atoms with Gasteiger partial charge in [-0.05, 0) is 13.0 Å². The van der Waals surface area contributed by atoms with E-state index in [-0.39, 0.29) is 5.56 Å². The Bertz CT molecular complexity index is 790. The van der Waals surface area contributed by atoms with E-state index in [9.17, 15) is 9.59 Å². The molecule has 128 valence electrons. The highest BCUT2D eigenvalue weighted by Crippen LogP contribution is 2.15. The third-order valence-corrected chi connectivity index (χ3v) is 4.03. The van der Waals surface area contributed by atoms with Gasteiger partial charge >= 0.3 is 5.69 Å². The van der Waals surface area contributed by atoms with Crippen molar-refractivity contribution in [3.8, 4) is 0 Å². The molecule has 24 heavy (non-hydrogen) atoms. The molecule has 0 atom stereocenters. The quantitative estimate of drug-likeness (QED) is 0.788. The molecule has 0 bridgehead atoms. The molecule has 1 fully saturated rings. The van der Waals surface area contributed by atoms with Gasteiger partial charge in [0.2, 0.25) is 5.95 Å². The summed E-state index contributed by atoms with van der Waals surface area (Å²) in [7, 11) is 1.46. The van der Waals surface area contributed by atoms with E-state index in [4.69, 9.17) is 0 Å². The Balaban J connectivity index is 1.71.